The number of hydrogen-bond acceptors (Lipinski definition) is 5. The minimum Gasteiger partial charge on any atom is -0.463 e. The van der Waals surface area contributed by atoms with Crippen LogP contribution in [0.4, 0.5) is 0 Å². The third-order valence-corrected chi connectivity index (χ3v) is 4.30. The number of carbonyl (C=O) groups is 1. The van der Waals surface area contributed by atoms with Crippen molar-refractivity contribution >= 4 is 28.8 Å². The first-order valence-electron chi connectivity index (χ1n) is 6.39. The summed E-state index contributed by atoms with van der Waals surface area (Å²) in [6, 6.07) is 9.75. The van der Waals surface area contributed by atoms with Gasteiger partial charge in [-0.2, -0.15) is 0 Å². The summed E-state index contributed by atoms with van der Waals surface area (Å²) in [5, 5.41) is 0.896. The molecule has 0 aliphatic rings. The van der Waals surface area contributed by atoms with Gasteiger partial charge < -0.3 is 13.7 Å². The highest BCUT2D eigenvalue weighted by Crippen LogP contribution is 2.27. The SMILES string of the molecule is COC(=O)c1occc1CSc1nc2ccccc2n1C. The van der Waals surface area contributed by atoms with Crippen molar-refractivity contribution in [3.63, 3.8) is 0 Å². The van der Waals surface area contributed by atoms with Crippen LogP contribution < -0.4 is 0 Å². The average molecular weight is 302 g/mol. The minimum atomic E-state index is -0.458. The Morgan fingerprint density at radius 1 is 1.38 bits per heavy atom. The van der Waals surface area contributed by atoms with E-state index >= 15 is 0 Å². The predicted octanol–water partition coefficient (Wildman–Crippen LogP) is 3.25. The topological polar surface area (TPSA) is 57.3 Å². The zero-order valence-electron chi connectivity index (χ0n) is 11.7. The zero-order valence-corrected chi connectivity index (χ0v) is 12.5. The number of para-hydroxylation sites is 2. The molecule has 0 saturated carbocycles. The molecule has 1 aromatic carbocycles. The van der Waals surface area contributed by atoms with Crippen LogP contribution in [0.15, 0.2) is 46.2 Å². The van der Waals surface area contributed by atoms with Crippen molar-refractivity contribution in [3.05, 3.63) is 47.9 Å². The van der Waals surface area contributed by atoms with Crippen LogP contribution in [-0.4, -0.2) is 22.6 Å². The summed E-state index contributed by atoms with van der Waals surface area (Å²) >= 11 is 1.56. The fourth-order valence-corrected chi connectivity index (χ4v) is 3.08. The standard InChI is InChI=1S/C15H14N2O3S/c1-17-12-6-4-3-5-11(12)16-15(17)21-9-10-7-8-20-13(10)14(18)19-2/h3-8H,9H2,1-2H3. The van der Waals surface area contributed by atoms with Crippen molar-refractivity contribution in [2.75, 3.05) is 7.11 Å². The number of rotatable bonds is 4. The van der Waals surface area contributed by atoms with Gasteiger partial charge in [0.2, 0.25) is 5.76 Å². The van der Waals surface area contributed by atoms with Crippen molar-refractivity contribution in [2.45, 2.75) is 10.9 Å². The number of thioether (sulfide) groups is 1. The van der Waals surface area contributed by atoms with Gasteiger partial charge in [0, 0.05) is 18.4 Å². The predicted molar refractivity (Wildman–Crippen MR) is 80.3 cm³/mol. The summed E-state index contributed by atoms with van der Waals surface area (Å²) < 4.78 is 11.9. The molecule has 5 nitrogen and oxygen atoms in total. The van der Waals surface area contributed by atoms with E-state index in [0.717, 1.165) is 21.8 Å². The number of hydrogen-bond donors (Lipinski definition) is 0. The molecule has 0 spiro atoms. The molecular weight excluding hydrogens is 288 g/mol. The molecule has 0 radical (unpaired) electrons. The second kappa shape index (κ2) is 5.65. The van der Waals surface area contributed by atoms with Crippen LogP contribution in [0.1, 0.15) is 16.1 Å². The molecule has 108 valence electrons. The summed E-state index contributed by atoms with van der Waals surface area (Å²) in [6.45, 7) is 0. The molecule has 0 unspecified atom stereocenters. The third-order valence-electron chi connectivity index (χ3n) is 3.22. The number of nitrogens with zero attached hydrogens (tertiary/aromatic N) is 2. The highest BCUT2D eigenvalue weighted by molar-refractivity contribution is 7.98. The molecule has 3 rings (SSSR count). The van der Waals surface area contributed by atoms with E-state index in [-0.39, 0.29) is 5.76 Å². The largest absolute Gasteiger partial charge is 0.463 e. The summed E-state index contributed by atoms with van der Waals surface area (Å²) in [4.78, 5) is 16.2. The fourth-order valence-electron chi connectivity index (χ4n) is 2.12. The van der Waals surface area contributed by atoms with Crippen LogP contribution in [0.5, 0.6) is 0 Å². The maximum Gasteiger partial charge on any atom is 0.374 e. The molecule has 0 atom stereocenters. The average Bonchev–Trinajstić information content (AvgIpc) is 3.10. The zero-order chi connectivity index (χ0) is 14.8. The second-order valence-electron chi connectivity index (χ2n) is 4.50. The smallest absolute Gasteiger partial charge is 0.374 e. The van der Waals surface area contributed by atoms with E-state index < -0.39 is 5.97 Å². The fraction of sp³-hybridized carbons (Fsp3) is 0.200. The van der Waals surface area contributed by atoms with E-state index in [1.807, 2.05) is 35.9 Å². The second-order valence-corrected chi connectivity index (χ2v) is 5.44. The summed E-state index contributed by atoms with van der Waals surface area (Å²) in [5.41, 5.74) is 2.85. The monoisotopic (exact) mass is 302 g/mol. The summed E-state index contributed by atoms with van der Waals surface area (Å²) in [6.07, 6.45) is 1.50. The number of carbonyl (C=O) groups excluding carboxylic acids is 1. The Morgan fingerprint density at radius 3 is 2.95 bits per heavy atom. The number of imidazole rings is 1. The molecule has 6 heteroatoms. The Balaban J connectivity index is 1.82. The highest BCUT2D eigenvalue weighted by Gasteiger charge is 2.17. The van der Waals surface area contributed by atoms with Crippen LogP contribution >= 0.6 is 11.8 Å². The lowest BCUT2D eigenvalue weighted by Gasteiger charge is -2.02. The van der Waals surface area contributed by atoms with E-state index in [1.54, 1.807) is 17.8 Å². The number of methoxy groups -OCH3 is 1. The number of esters is 1. The van der Waals surface area contributed by atoms with E-state index in [4.69, 9.17) is 9.15 Å². The molecule has 0 amide bonds. The number of aromatic nitrogens is 2. The number of ether oxygens (including phenoxy) is 1. The van der Waals surface area contributed by atoms with Crippen molar-refractivity contribution < 1.29 is 13.9 Å². The van der Waals surface area contributed by atoms with Gasteiger partial charge in [-0.3, -0.25) is 0 Å². The van der Waals surface area contributed by atoms with E-state index in [1.165, 1.54) is 13.4 Å². The van der Waals surface area contributed by atoms with Crippen molar-refractivity contribution in [1.29, 1.82) is 0 Å². The normalized spacial score (nSPS) is 11.0. The Bertz CT molecular complexity index is 791. The molecule has 2 heterocycles. The Morgan fingerprint density at radius 2 is 2.19 bits per heavy atom. The van der Waals surface area contributed by atoms with Crippen LogP contribution in [0.25, 0.3) is 11.0 Å². The van der Waals surface area contributed by atoms with Gasteiger partial charge in [-0.1, -0.05) is 23.9 Å². The van der Waals surface area contributed by atoms with E-state index in [2.05, 4.69) is 4.98 Å². The van der Waals surface area contributed by atoms with Gasteiger partial charge in [0.25, 0.3) is 0 Å². The third kappa shape index (κ3) is 2.54. The molecule has 0 aliphatic heterocycles. The Labute approximate surface area is 125 Å². The van der Waals surface area contributed by atoms with Crippen LogP contribution in [-0.2, 0) is 17.5 Å². The first kappa shape index (κ1) is 13.8. The molecule has 0 bridgehead atoms. The van der Waals surface area contributed by atoms with Gasteiger partial charge in [-0.15, -0.1) is 0 Å². The lowest BCUT2D eigenvalue weighted by atomic mass is 10.3. The summed E-state index contributed by atoms with van der Waals surface area (Å²) in [7, 11) is 3.32. The molecule has 3 aromatic rings. The van der Waals surface area contributed by atoms with Crippen LogP contribution in [0.3, 0.4) is 0 Å². The van der Waals surface area contributed by atoms with Crippen LogP contribution in [0.2, 0.25) is 0 Å². The summed E-state index contributed by atoms with van der Waals surface area (Å²) in [5.74, 6) is 0.391. The van der Waals surface area contributed by atoms with Crippen molar-refractivity contribution in [3.8, 4) is 0 Å². The lowest BCUT2D eigenvalue weighted by Crippen LogP contribution is -2.02. The molecule has 0 saturated heterocycles. The molecule has 2 aromatic heterocycles. The first-order chi connectivity index (χ1) is 10.2. The highest BCUT2D eigenvalue weighted by atomic mass is 32.2. The van der Waals surface area contributed by atoms with E-state index in [9.17, 15) is 4.79 Å². The van der Waals surface area contributed by atoms with Gasteiger partial charge in [-0.05, 0) is 18.2 Å². The number of benzene rings is 1. The van der Waals surface area contributed by atoms with Gasteiger partial charge in [0.15, 0.2) is 5.16 Å². The first-order valence-corrected chi connectivity index (χ1v) is 7.38. The van der Waals surface area contributed by atoms with E-state index in [0.29, 0.717) is 5.75 Å². The lowest BCUT2D eigenvalue weighted by molar-refractivity contribution is 0.0564. The quantitative estimate of drug-likeness (QED) is 0.547. The van der Waals surface area contributed by atoms with Gasteiger partial charge >= 0.3 is 5.97 Å². The van der Waals surface area contributed by atoms with Gasteiger partial charge in [0.1, 0.15) is 0 Å². The Hall–Kier alpha value is -2.21. The maximum atomic E-state index is 11.6. The van der Waals surface area contributed by atoms with Gasteiger partial charge in [-0.25, -0.2) is 9.78 Å². The minimum absolute atomic E-state index is 0.253. The number of furan rings is 1. The molecule has 21 heavy (non-hydrogen) atoms. The van der Waals surface area contributed by atoms with Gasteiger partial charge in [0.05, 0.1) is 24.4 Å². The molecule has 0 aliphatic carbocycles. The molecule has 0 fully saturated rings. The maximum absolute atomic E-state index is 11.6. The number of fused-ring (bicyclic) bond motifs is 1. The Kier molecular flexibility index (Phi) is 3.70. The molecular formula is C15H14N2O3S. The van der Waals surface area contributed by atoms with Crippen molar-refractivity contribution in [2.24, 2.45) is 7.05 Å². The number of aryl methyl sites for hydroxylation is 1. The van der Waals surface area contributed by atoms with Crippen molar-refractivity contribution in [1.82, 2.24) is 9.55 Å². The molecule has 0 N–H and O–H groups in total. The van der Waals surface area contributed by atoms with Crippen LogP contribution in [0, 0.1) is 0 Å².